The SMILES string of the molecule is CCN1C(=O)[C@@H](CC(=O)Nc2ccc(Cl)c(Cl)c2)SC1=Nc1ccc(Cl)c(Cl)c1. The summed E-state index contributed by atoms with van der Waals surface area (Å²) in [6.45, 7) is 2.29. The Morgan fingerprint density at radius 2 is 1.72 bits per heavy atom. The molecule has 2 amide bonds. The molecule has 3 rings (SSSR count). The van der Waals surface area contributed by atoms with Crippen molar-refractivity contribution in [2.75, 3.05) is 11.9 Å². The van der Waals surface area contributed by atoms with E-state index in [1.54, 1.807) is 41.3 Å². The van der Waals surface area contributed by atoms with Gasteiger partial charge in [-0.15, -0.1) is 0 Å². The molecule has 0 radical (unpaired) electrons. The molecular formula is C19H15Cl4N3O2S. The first-order valence-electron chi connectivity index (χ1n) is 8.55. The largest absolute Gasteiger partial charge is 0.326 e. The Bertz CT molecular complexity index is 999. The molecule has 1 N–H and O–H groups in total. The maximum atomic E-state index is 12.7. The molecule has 2 aromatic rings. The van der Waals surface area contributed by atoms with E-state index in [4.69, 9.17) is 46.4 Å². The Morgan fingerprint density at radius 3 is 2.34 bits per heavy atom. The molecule has 5 nitrogen and oxygen atoms in total. The van der Waals surface area contributed by atoms with E-state index < -0.39 is 5.25 Å². The summed E-state index contributed by atoms with van der Waals surface area (Å²) < 4.78 is 0. The summed E-state index contributed by atoms with van der Waals surface area (Å²) in [5.41, 5.74) is 1.09. The van der Waals surface area contributed by atoms with Gasteiger partial charge in [0.05, 0.1) is 25.8 Å². The number of hydrogen-bond acceptors (Lipinski definition) is 4. The minimum Gasteiger partial charge on any atom is -0.326 e. The number of carbonyl (C=O) groups is 2. The third kappa shape index (κ3) is 5.38. The Labute approximate surface area is 192 Å². The highest BCUT2D eigenvalue weighted by Gasteiger charge is 2.38. The lowest BCUT2D eigenvalue weighted by atomic mass is 10.2. The number of hydrogen-bond donors (Lipinski definition) is 1. The molecule has 152 valence electrons. The molecule has 1 saturated heterocycles. The van der Waals surface area contributed by atoms with Gasteiger partial charge in [-0.1, -0.05) is 58.2 Å². The van der Waals surface area contributed by atoms with Gasteiger partial charge < -0.3 is 5.32 Å². The number of nitrogens with zero attached hydrogens (tertiary/aromatic N) is 2. The van der Waals surface area contributed by atoms with E-state index in [0.29, 0.717) is 43.2 Å². The molecule has 1 heterocycles. The van der Waals surface area contributed by atoms with Gasteiger partial charge in [-0.3, -0.25) is 14.5 Å². The monoisotopic (exact) mass is 489 g/mol. The normalized spacial score (nSPS) is 17.8. The number of anilines is 1. The second-order valence-electron chi connectivity index (χ2n) is 6.06. The Morgan fingerprint density at radius 1 is 1.07 bits per heavy atom. The van der Waals surface area contributed by atoms with Gasteiger partial charge in [0.2, 0.25) is 11.8 Å². The summed E-state index contributed by atoms with van der Waals surface area (Å²) >= 11 is 25.1. The number of nitrogens with one attached hydrogen (secondary N) is 1. The smallest absolute Gasteiger partial charge is 0.242 e. The summed E-state index contributed by atoms with van der Waals surface area (Å²) in [5.74, 6) is -0.471. The van der Waals surface area contributed by atoms with Gasteiger partial charge in [0.15, 0.2) is 5.17 Å². The molecule has 0 bridgehead atoms. The van der Waals surface area contributed by atoms with E-state index in [0.717, 1.165) is 0 Å². The number of amides is 2. The minimum absolute atomic E-state index is 0.000634. The first-order valence-corrected chi connectivity index (χ1v) is 10.9. The number of rotatable bonds is 5. The summed E-state index contributed by atoms with van der Waals surface area (Å²) in [6, 6.07) is 9.77. The molecule has 0 unspecified atom stereocenters. The second-order valence-corrected chi connectivity index (χ2v) is 8.86. The number of amidine groups is 1. The van der Waals surface area contributed by atoms with E-state index in [2.05, 4.69) is 10.3 Å². The van der Waals surface area contributed by atoms with Crippen molar-refractivity contribution in [2.24, 2.45) is 4.99 Å². The average Bonchev–Trinajstić information content (AvgIpc) is 2.95. The van der Waals surface area contributed by atoms with Crippen LogP contribution in [-0.4, -0.2) is 33.7 Å². The third-order valence-corrected chi connectivity index (χ3v) is 6.69. The molecule has 1 aliphatic rings. The summed E-state index contributed by atoms with van der Waals surface area (Å²) in [6.07, 6.45) is 0.000634. The van der Waals surface area contributed by atoms with Crippen LogP contribution in [0.3, 0.4) is 0 Å². The molecule has 1 aliphatic heterocycles. The fourth-order valence-corrected chi connectivity index (χ4v) is 4.45. The number of aliphatic imine (C=N–C) groups is 1. The molecule has 0 saturated carbocycles. The summed E-state index contributed by atoms with van der Waals surface area (Å²) in [4.78, 5) is 31.2. The van der Waals surface area contributed by atoms with Crippen molar-refractivity contribution in [3.8, 4) is 0 Å². The quantitative estimate of drug-likeness (QED) is 0.536. The highest BCUT2D eigenvalue weighted by Crippen LogP contribution is 2.33. The minimum atomic E-state index is -0.570. The lowest BCUT2D eigenvalue weighted by Gasteiger charge is -2.13. The van der Waals surface area contributed by atoms with Gasteiger partial charge in [-0.05, 0) is 43.3 Å². The van der Waals surface area contributed by atoms with Crippen LogP contribution in [-0.2, 0) is 9.59 Å². The van der Waals surface area contributed by atoms with E-state index in [1.165, 1.54) is 11.8 Å². The topological polar surface area (TPSA) is 61.8 Å². The Hall–Kier alpha value is -1.44. The van der Waals surface area contributed by atoms with Crippen molar-refractivity contribution in [2.45, 2.75) is 18.6 Å². The van der Waals surface area contributed by atoms with Gasteiger partial charge in [-0.25, -0.2) is 4.99 Å². The lowest BCUT2D eigenvalue weighted by Crippen LogP contribution is -2.33. The first-order chi connectivity index (χ1) is 13.8. The molecule has 10 heteroatoms. The summed E-state index contributed by atoms with van der Waals surface area (Å²) in [5, 5.41) is 4.21. The van der Waals surface area contributed by atoms with Crippen LogP contribution >= 0.6 is 58.2 Å². The van der Waals surface area contributed by atoms with Crippen LogP contribution in [0.4, 0.5) is 11.4 Å². The maximum Gasteiger partial charge on any atom is 0.242 e. The van der Waals surface area contributed by atoms with E-state index >= 15 is 0 Å². The van der Waals surface area contributed by atoms with Crippen molar-refractivity contribution in [1.29, 1.82) is 0 Å². The van der Waals surface area contributed by atoms with Crippen LogP contribution in [0.1, 0.15) is 13.3 Å². The van der Waals surface area contributed by atoms with Crippen LogP contribution in [0.25, 0.3) is 0 Å². The number of carbonyl (C=O) groups excluding carboxylic acids is 2. The molecular weight excluding hydrogens is 476 g/mol. The van der Waals surface area contributed by atoms with Crippen molar-refractivity contribution in [3.05, 3.63) is 56.5 Å². The van der Waals surface area contributed by atoms with Crippen molar-refractivity contribution in [3.63, 3.8) is 0 Å². The number of thioether (sulfide) groups is 1. The van der Waals surface area contributed by atoms with Crippen molar-refractivity contribution in [1.82, 2.24) is 4.90 Å². The van der Waals surface area contributed by atoms with E-state index in [1.807, 2.05) is 6.92 Å². The Balaban J connectivity index is 1.72. The zero-order valence-corrected chi connectivity index (χ0v) is 18.9. The fraction of sp³-hybridized carbons (Fsp3) is 0.211. The average molecular weight is 491 g/mol. The molecule has 0 aliphatic carbocycles. The van der Waals surface area contributed by atoms with Gasteiger partial charge in [-0.2, -0.15) is 0 Å². The van der Waals surface area contributed by atoms with Crippen molar-refractivity contribution >= 4 is 86.5 Å². The van der Waals surface area contributed by atoms with E-state index in [-0.39, 0.29) is 18.2 Å². The van der Waals surface area contributed by atoms with Gasteiger partial charge >= 0.3 is 0 Å². The molecule has 0 spiro atoms. The van der Waals surface area contributed by atoms with Crippen LogP contribution in [0.2, 0.25) is 20.1 Å². The Kier molecular flexibility index (Phi) is 7.35. The van der Waals surface area contributed by atoms with Gasteiger partial charge in [0, 0.05) is 18.7 Å². The highest BCUT2D eigenvalue weighted by atomic mass is 35.5. The van der Waals surface area contributed by atoms with E-state index in [9.17, 15) is 9.59 Å². The highest BCUT2D eigenvalue weighted by molar-refractivity contribution is 8.15. The zero-order chi connectivity index (χ0) is 21.1. The van der Waals surface area contributed by atoms with Crippen molar-refractivity contribution < 1.29 is 9.59 Å². The molecule has 1 atom stereocenters. The summed E-state index contributed by atoms with van der Waals surface area (Å²) in [7, 11) is 0. The van der Waals surface area contributed by atoms with Crippen LogP contribution in [0.15, 0.2) is 41.4 Å². The first kappa shape index (κ1) is 22.2. The van der Waals surface area contributed by atoms with Crippen LogP contribution in [0, 0.1) is 0 Å². The van der Waals surface area contributed by atoms with Crippen LogP contribution in [0.5, 0.6) is 0 Å². The third-order valence-electron chi connectivity index (χ3n) is 4.04. The fourth-order valence-electron chi connectivity index (χ4n) is 2.64. The van der Waals surface area contributed by atoms with Gasteiger partial charge in [0.1, 0.15) is 5.25 Å². The molecule has 2 aromatic carbocycles. The predicted octanol–water partition coefficient (Wildman–Crippen LogP) is 6.28. The second kappa shape index (κ2) is 9.58. The number of halogens is 4. The molecule has 29 heavy (non-hydrogen) atoms. The standard InChI is InChI=1S/C19H15Cl4N3O2S/c1-2-26-18(28)16(9-17(27)24-10-3-5-12(20)14(22)7-10)29-19(26)25-11-4-6-13(21)15(23)8-11/h3-8,16H,2,9H2,1H3,(H,24,27)/t16-/m1/s1. The molecule has 1 fully saturated rings. The van der Waals surface area contributed by atoms with Crippen LogP contribution < -0.4 is 5.32 Å². The zero-order valence-electron chi connectivity index (χ0n) is 15.1. The lowest BCUT2D eigenvalue weighted by molar-refractivity contribution is -0.128. The number of benzene rings is 2. The predicted molar refractivity (Wildman–Crippen MR) is 122 cm³/mol. The van der Waals surface area contributed by atoms with Gasteiger partial charge in [0.25, 0.3) is 0 Å². The maximum absolute atomic E-state index is 12.7. The molecule has 0 aromatic heterocycles.